The van der Waals surface area contributed by atoms with Gasteiger partial charge in [-0.1, -0.05) is 55.8 Å². The molecule has 238 valence electrons. The Hall–Kier alpha value is -3.10. The van der Waals surface area contributed by atoms with Crippen molar-refractivity contribution < 1.29 is 23.1 Å². The summed E-state index contributed by atoms with van der Waals surface area (Å²) >= 11 is 0. The van der Waals surface area contributed by atoms with Gasteiger partial charge in [0.05, 0.1) is 27.7 Å². The Morgan fingerprint density at radius 3 is 2.70 bits per heavy atom. The number of ether oxygens (including phenoxy) is 1. The Morgan fingerprint density at radius 1 is 1.20 bits per heavy atom. The Labute approximate surface area is 263 Å². The summed E-state index contributed by atoms with van der Waals surface area (Å²) in [5.41, 5.74) is 8.19. The van der Waals surface area contributed by atoms with Gasteiger partial charge in [-0.2, -0.15) is 0 Å². The third kappa shape index (κ3) is 6.20. The van der Waals surface area contributed by atoms with Gasteiger partial charge in [0.15, 0.2) is 9.84 Å². The number of amides is 1. The first-order chi connectivity index (χ1) is 21.1. The number of nitrogens with two attached hydrogens (primary N) is 1. The number of nitrogens with zero attached hydrogens (tertiary/aromatic N) is 1. The predicted molar refractivity (Wildman–Crippen MR) is 177 cm³/mol. The number of primary amides is 1. The molecule has 2 aromatic rings. The topological polar surface area (TPSA) is 110 Å². The molecule has 3 aliphatic rings. The fraction of sp³-hybridized carbons (Fsp3) is 0.528. The zero-order valence-corrected chi connectivity index (χ0v) is 27.0. The number of aryl methyl sites for hydroxylation is 1. The van der Waals surface area contributed by atoms with E-state index in [9.17, 15) is 18.3 Å². The van der Waals surface area contributed by atoms with E-state index in [0.29, 0.717) is 50.1 Å². The molecular weight excluding hydrogens is 572 g/mol. The molecule has 0 aromatic heterocycles. The van der Waals surface area contributed by atoms with Crippen LogP contribution in [0.2, 0.25) is 0 Å². The molecule has 1 heterocycles. The fourth-order valence-corrected chi connectivity index (χ4v) is 9.94. The molecule has 1 amide bonds. The first-order valence-electron chi connectivity index (χ1n) is 16.2. The quantitative estimate of drug-likeness (QED) is 0.293. The lowest BCUT2D eigenvalue weighted by Gasteiger charge is -2.48. The summed E-state index contributed by atoms with van der Waals surface area (Å²) < 4.78 is 35.5. The highest BCUT2D eigenvalue weighted by molar-refractivity contribution is 7.92. The Morgan fingerprint density at radius 2 is 2.00 bits per heavy atom. The van der Waals surface area contributed by atoms with E-state index in [2.05, 4.69) is 36.6 Å². The summed E-state index contributed by atoms with van der Waals surface area (Å²) in [6, 6.07) is 13.4. The molecule has 1 saturated carbocycles. The second-order valence-electron chi connectivity index (χ2n) is 13.0. The standard InChI is InChI=1S/C36H48N2O5S/c1-4-6-8-14-32(39)29-18-15-28(29)22-38-23-36(24-43-33-19-16-27(35(37)40)21-31(33)38)30-13-10-9-12-26(30)17-20-34(36)44(41,42)25(3)11-7-5-2/h5,8-10,12-14,16,19,21,25,28-29,32,34,39H,2,4,6-7,11,15,17-18,20,22-24H2,1,3H3,(H2,37,40)/b14-8+/t25-,28-,29+,32+,34?,36?/m0/s1. The maximum atomic E-state index is 14.5. The minimum Gasteiger partial charge on any atom is -0.490 e. The normalized spacial score (nSPS) is 26.2. The monoisotopic (exact) mass is 620 g/mol. The molecule has 0 bridgehead atoms. The highest BCUT2D eigenvalue weighted by Gasteiger charge is 2.54. The Kier molecular flexibility index (Phi) is 9.90. The van der Waals surface area contributed by atoms with Gasteiger partial charge >= 0.3 is 0 Å². The van der Waals surface area contributed by atoms with Crippen LogP contribution in [0.5, 0.6) is 5.75 Å². The number of hydrogen-bond donors (Lipinski definition) is 2. The number of fused-ring (bicyclic) bond motifs is 3. The number of aliphatic hydroxyl groups excluding tert-OH is 1. The Balaban J connectivity index is 1.59. The third-order valence-electron chi connectivity index (χ3n) is 10.3. The van der Waals surface area contributed by atoms with E-state index in [4.69, 9.17) is 10.5 Å². The first-order valence-corrected chi connectivity index (χ1v) is 17.8. The zero-order chi connectivity index (χ0) is 31.5. The lowest BCUT2D eigenvalue weighted by Crippen LogP contribution is -2.59. The van der Waals surface area contributed by atoms with Gasteiger partial charge < -0.3 is 20.5 Å². The summed E-state index contributed by atoms with van der Waals surface area (Å²) in [5.74, 6) is 0.411. The third-order valence-corrected chi connectivity index (χ3v) is 13.1. The van der Waals surface area contributed by atoms with Crippen molar-refractivity contribution in [2.75, 3.05) is 24.6 Å². The number of benzene rings is 2. The molecule has 5 rings (SSSR count). The van der Waals surface area contributed by atoms with E-state index in [1.165, 1.54) is 0 Å². The van der Waals surface area contributed by atoms with E-state index < -0.39 is 37.8 Å². The molecule has 1 aliphatic heterocycles. The van der Waals surface area contributed by atoms with Crippen molar-refractivity contribution in [3.63, 3.8) is 0 Å². The fourth-order valence-electron chi connectivity index (χ4n) is 7.57. The second kappa shape index (κ2) is 13.5. The van der Waals surface area contributed by atoms with Crippen molar-refractivity contribution in [3.8, 4) is 5.75 Å². The van der Waals surface area contributed by atoms with Crippen LogP contribution in [0, 0.1) is 11.8 Å². The number of hydrogen-bond acceptors (Lipinski definition) is 6. The molecule has 2 aromatic carbocycles. The van der Waals surface area contributed by atoms with Crippen LogP contribution in [0.15, 0.2) is 67.3 Å². The average Bonchev–Trinajstić information content (AvgIpc) is 3.15. The minimum atomic E-state index is -3.57. The number of allylic oxidation sites excluding steroid dienone is 2. The lowest BCUT2D eigenvalue weighted by atomic mass is 9.68. The van der Waals surface area contributed by atoms with Gasteiger partial charge in [-0.3, -0.25) is 4.79 Å². The first kappa shape index (κ1) is 32.3. The predicted octanol–water partition coefficient (Wildman–Crippen LogP) is 5.75. The maximum Gasteiger partial charge on any atom is 0.248 e. The van der Waals surface area contributed by atoms with Gasteiger partial charge in [0.2, 0.25) is 5.91 Å². The summed E-state index contributed by atoms with van der Waals surface area (Å²) in [6.07, 6.45) is 11.5. The molecule has 0 saturated heterocycles. The smallest absolute Gasteiger partial charge is 0.248 e. The number of carbonyl (C=O) groups excluding carboxylic acids is 1. The molecule has 1 spiro atoms. The summed E-state index contributed by atoms with van der Waals surface area (Å²) in [4.78, 5) is 14.5. The van der Waals surface area contributed by atoms with Crippen molar-refractivity contribution in [2.45, 2.75) is 87.2 Å². The molecule has 44 heavy (non-hydrogen) atoms. The van der Waals surface area contributed by atoms with Crippen molar-refractivity contribution in [2.24, 2.45) is 17.6 Å². The summed E-state index contributed by atoms with van der Waals surface area (Å²) in [6.45, 7) is 8.99. The minimum absolute atomic E-state index is 0.114. The Bertz CT molecular complexity index is 1490. The molecule has 3 N–H and O–H groups in total. The molecule has 2 unspecified atom stereocenters. The summed E-state index contributed by atoms with van der Waals surface area (Å²) in [5, 5.41) is 9.88. The van der Waals surface area contributed by atoms with Crippen LogP contribution in [0.1, 0.15) is 80.3 Å². The van der Waals surface area contributed by atoms with Crippen molar-refractivity contribution in [1.82, 2.24) is 0 Å². The van der Waals surface area contributed by atoms with E-state index in [1.807, 2.05) is 25.1 Å². The zero-order valence-electron chi connectivity index (χ0n) is 26.2. The van der Waals surface area contributed by atoms with Gasteiger partial charge in [-0.25, -0.2) is 8.42 Å². The van der Waals surface area contributed by atoms with Crippen molar-refractivity contribution in [3.05, 3.63) is 84.0 Å². The van der Waals surface area contributed by atoms with Gasteiger partial charge in [0.1, 0.15) is 12.4 Å². The van der Waals surface area contributed by atoms with E-state index in [-0.39, 0.29) is 18.4 Å². The molecule has 0 radical (unpaired) electrons. The number of rotatable bonds is 12. The maximum absolute atomic E-state index is 14.5. The van der Waals surface area contributed by atoms with Crippen molar-refractivity contribution in [1.29, 1.82) is 0 Å². The highest BCUT2D eigenvalue weighted by Crippen LogP contribution is 2.48. The molecule has 1 fully saturated rings. The van der Waals surface area contributed by atoms with Crippen molar-refractivity contribution >= 4 is 21.4 Å². The van der Waals surface area contributed by atoms with Crippen LogP contribution in [0.25, 0.3) is 0 Å². The average molecular weight is 621 g/mol. The van der Waals surface area contributed by atoms with Crippen LogP contribution < -0.4 is 15.4 Å². The number of aliphatic hydroxyl groups is 1. The van der Waals surface area contributed by atoms with E-state index >= 15 is 0 Å². The molecular formula is C36H48N2O5S. The van der Waals surface area contributed by atoms with Crippen LogP contribution >= 0.6 is 0 Å². The number of anilines is 1. The number of carbonyl (C=O) groups is 1. The van der Waals surface area contributed by atoms with Crippen LogP contribution in [0.3, 0.4) is 0 Å². The molecule has 8 heteroatoms. The second-order valence-corrected chi connectivity index (χ2v) is 15.6. The molecule has 7 nitrogen and oxygen atoms in total. The molecule has 2 aliphatic carbocycles. The van der Waals surface area contributed by atoms with Crippen LogP contribution in [-0.4, -0.2) is 55.7 Å². The van der Waals surface area contributed by atoms with Crippen LogP contribution in [-0.2, 0) is 21.7 Å². The molecule has 6 atom stereocenters. The highest BCUT2D eigenvalue weighted by atomic mass is 32.2. The van der Waals surface area contributed by atoms with Gasteiger partial charge in [0.25, 0.3) is 0 Å². The van der Waals surface area contributed by atoms with Gasteiger partial charge in [-0.05, 0) is 93.0 Å². The van der Waals surface area contributed by atoms with Gasteiger partial charge in [-0.15, -0.1) is 6.58 Å². The van der Waals surface area contributed by atoms with Crippen LogP contribution in [0.4, 0.5) is 5.69 Å². The number of unbranched alkanes of at least 4 members (excludes halogenated alkanes) is 1. The van der Waals surface area contributed by atoms with E-state index in [0.717, 1.165) is 42.5 Å². The largest absolute Gasteiger partial charge is 0.490 e. The van der Waals surface area contributed by atoms with Gasteiger partial charge in [0, 0.05) is 18.7 Å². The van der Waals surface area contributed by atoms with E-state index in [1.54, 1.807) is 24.3 Å². The lowest BCUT2D eigenvalue weighted by molar-refractivity contribution is 0.0456. The SMILES string of the molecule is C=CCC[C@H](C)S(=O)(=O)C1CCc2ccccc2C12COc1ccc(C(N)=O)cc1N(C[C@@H]1CC[C@H]1[C@H](O)/C=C/CCC)C2. The number of sulfone groups is 1. The summed E-state index contributed by atoms with van der Waals surface area (Å²) in [7, 11) is -3.57.